The van der Waals surface area contributed by atoms with Gasteiger partial charge in [0, 0.05) is 19.6 Å². The summed E-state index contributed by atoms with van der Waals surface area (Å²) < 4.78 is 14.6. The average molecular weight is 485 g/mol. The number of aliphatic imine (C=N–C) groups is 1. The van der Waals surface area contributed by atoms with Crippen LogP contribution < -0.4 is 16.4 Å². The van der Waals surface area contributed by atoms with Crippen molar-refractivity contribution in [3.63, 3.8) is 0 Å². The van der Waals surface area contributed by atoms with Crippen molar-refractivity contribution in [2.24, 2.45) is 4.99 Å². The lowest BCUT2D eigenvalue weighted by atomic mass is 10.1. The van der Waals surface area contributed by atoms with Gasteiger partial charge in [-0.3, -0.25) is 4.99 Å². The molecule has 7 nitrogen and oxygen atoms in total. The molecule has 0 bridgehead atoms. The SMILES string of the molecule is CCNC(=NCCCc1nn(-c2ccc(F)cc2)c(N)c1C#N)NCC.I. The second-order valence-electron chi connectivity index (χ2n) is 5.60. The third-order valence-electron chi connectivity index (χ3n) is 3.71. The van der Waals surface area contributed by atoms with Crippen LogP contribution in [0, 0.1) is 17.1 Å². The summed E-state index contributed by atoms with van der Waals surface area (Å²) in [5.74, 6) is 0.695. The number of nitriles is 1. The van der Waals surface area contributed by atoms with Crippen molar-refractivity contribution in [1.82, 2.24) is 20.4 Å². The van der Waals surface area contributed by atoms with Crippen LogP contribution in [-0.4, -0.2) is 35.4 Å². The fourth-order valence-corrected chi connectivity index (χ4v) is 2.50. The minimum Gasteiger partial charge on any atom is -0.382 e. The lowest BCUT2D eigenvalue weighted by Gasteiger charge is -2.08. The number of hydrogen-bond acceptors (Lipinski definition) is 4. The Balaban J connectivity index is 0.00000364. The normalized spacial score (nSPS) is 9.85. The largest absolute Gasteiger partial charge is 0.382 e. The Morgan fingerprint density at radius 3 is 2.44 bits per heavy atom. The molecular weight excluding hydrogens is 460 g/mol. The lowest BCUT2D eigenvalue weighted by molar-refractivity contribution is 0.627. The third-order valence-corrected chi connectivity index (χ3v) is 3.71. The third kappa shape index (κ3) is 6.09. The van der Waals surface area contributed by atoms with E-state index in [9.17, 15) is 9.65 Å². The average Bonchev–Trinajstić information content (AvgIpc) is 2.95. The topological polar surface area (TPSA) is 104 Å². The summed E-state index contributed by atoms with van der Waals surface area (Å²) >= 11 is 0. The van der Waals surface area contributed by atoms with E-state index in [-0.39, 0.29) is 35.6 Å². The van der Waals surface area contributed by atoms with E-state index >= 15 is 0 Å². The van der Waals surface area contributed by atoms with Gasteiger partial charge >= 0.3 is 0 Å². The highest BCUT2D eigenvalue weighted by Gasteiger charge is 2.16. The molecule has 1 aromatic heterocycles. The molecule has 0 aliphatic heterocycles. The Morgan fingerprint density at radius 2 is 1.89 bits per heavy atom. The summed E-state index contributed by atoms with van der Waals surface area (Å²) in [5.41, 5.74) is 7.65. The Kier molecular flexibility index (Phi) is 9.56. The Hall–Kier alpha value is -2.35. The Bertz CT molecular complexity index is 785. The molecule has 0 spiro atoms. The molecule has 1 aromatic carbocycles. The molecule has 0 unspecified atom stereocenters. The number of aryl methyl sites for hydroxylation is 1. The number of nitrogens with one attached hydrogen (secondary N) is 2. The molecule has 0 aliphatic rings. The van der Waals surface area contributed by atoms with Crippen LogP contribution in [0.3, 0.4) is 0 Å². The van der Waals surface area contributed by atoms with Gasteiger partial charge < -0.3 is 16.4 Å². The first kappa shape index (κ1) is 22.7. The van der Waals surface area contributed by atoms with Crippen molar-refractivity contribution < 1.29 is 4.39 Å². The molecule has 0 saturated heterocycles. The van der Waals surface area contributed by atoms with E-state index in [2.05, 4.69) is 26.8 Å². The van der Waals surface area contributed by atoms with Crippen LogP contribution in [0.4, 0.5) is 10.2 Å². The van der Waals surface area contributed by atoms with Crippen LogP contribution in [0.25, 0.3) is 5.69 Å². The van der Waals surface area contributed by atoms with Gasteiger partial charge in [-0.15, -0.1) is 24.0 Å². The van der Waals surface area contributed by atoms with Crippen molar-refractivity contribution in [1.29, 1.82) is 5.26 Å². The second kappa shape index (κ2) is 11.4. The molecule has 2 rings (SSSR count). The van der Waals surface area contributed by atoms with Crippen molar-refractivity contribution in [2.45, 2.75) is 26.7 Å². The van der Waals surface area contributed by atoms with Gasteiger partial charge in [0.15, 0.2) is 5.96 Å². The second-order valence-corrected chi connectivity index (χ2v) is 5.60. The van der Waals surface area contributed by atoms with Gasteiger partial charge in [-0.1, -0.05) is 0 Å². The molecular formula is C18H25FIN7. The fraction of sp³-hybridized carbons (Fsp3) is 0.389. The monoisotopic (exact) mass is 485 g/mol. The van der Waals surface area contributed by atoms with Gasteiger partial charge in [0.05, 0.1) is 11.4 Å². The molecule has 146 valence electrons. The fourth-order valence-electron chi connectivity index (χ4n) is 2.50. The summed E-state index contributed by atoms with van der Waals surface area (Å²) in [5, 5.41) is 20.2. The summed E-state index contributed by atoms with van der Waals surface area (Å²) in [6, 6.07) is 7.93. The highest BCUT2D eigenvalue weighted by atomic mass is 127. The van der Waals surface area contributed by atoms with Gasteiger partial charge in [-0.2, -0.15) is 10.4 Å². The van der Waals surface area contributed by atoms with E-state index in [4.69, 9.17) is 5.73 Å². The first-order valence-electron chi connectivity index (χ1n) is 8.66. The lowest BCUT2D eigenvalue weighted by Crippen LogP contribution is -2.37. The van der Waals surface area contributed by atoms with Crippen molar-refractivity contribution in [3.05, 3.63) is 41.3 Å². The molecule has 0 amide bonds. The Labute approximate surface area is 175 Å². The maximum atomic E-state index is 13.1. The van der Waals surface area contributed by atoms with E-state index in [0.717, 1.165) is 25.5 Å². The summed E-state index contributed by atoms with van der Waals surface area (Å²) in [6.07, 6.45) is 1.31. The zero-order chi connectivity index (χ0) is 18.9. The van der Waals surface area contributed by atoms with Crippen molar-refractivity contribution in [2.75, 3.05) is 25.4 Å². The minimum atomic E-state index is -0.338. The number of halogens is 2. The van der Waals surface area contributed by atoms with Crippen LogP contribution >= 0.6 is 24.0 Å². The quantitative estimate of drug-likeness (QED) is 0.242. The molecule has 27 heavy (non-hydrogen) atoms. The molecule has 0 fully saturated rings. The first-order valence-corrected chi connectivity index (χ1v) is 8.66. The predicted molar refractivity (Wildman–Crippen MR) is 116 cm³/mol. The summed E-state index contributed by atoms with van der Waals surface area (Å²) in [6.45, 7) is 6.21. The molecule has 0 saturated carbocycles. The molecule has 4 N–H and O–H groups in total. The molecule has 0 atom stereocenters. The molecule has 2 aromatic rings. The number of anilines is 1. The van der Waals surface area contributed by atoms with Gasteiger partial charge in [0.2, 0.25) is 0 Å². The summed E-state index contributed by atoms with van der Waals surface area (Å²) in [7, 11) is 0. The van der Waals surface area contributed by atoms with E-state index in [0.29, 0.717) is 29.9 Å². The highest BCUT2D eigenvalue weighted by molar-refractivity contribution is 14.0. The molecule has 1 heterocycles. The Morgan fingerprint density at radius 1 is 1.26 bits per heavy atom. The van der Waals surface area contributed by atoms with Crippen molar-refractivity contribution in [3.8, 4) is 11.8 Å². The zero-order valence-corrected chi connectivity index (χ0v) is 17.8. The number of aromatic nitrogens is 2. The van der Waals surface area contributed by atoms with Crippen molar-refractivity contribution >= 4 is 35.8 Å². The number of nitrogen functional groups attached to an aromatic ring is 1. The minimum absolute atomic E-state index is 0. The van der Waals surface area contributed by atoms with Crippen LogP contribution in [-0.2, 0) is 6.42 Å². The van der Waals surface area contributed by atoms with Gasteiger partial charge in [-0.05, 0) is 51.0 Å². The van der Waals surface area contributed by atoms with Gasteiger partial charge in [0.1, 0.15) is 23.3 Å². The molecule has 0 aliphatic carbocycles. The van der Waals surface area contributed by atoms with Crippen LogP contribution in [0.15, 0.2) is 29.3 Å². The number of nitrogens with zero attached hydrogens (tertiary/aromatic N) is 4. The van der Waals surface area contributed by atoms with Crippen LogP contribution in [0.1, 0.15) is 31.5 Å². The molecule has 9 heteroatoms. The number of guanidine groups is 1. The van der Waals surface area contributed by atoms with E-state index < -0.39 is 0 Å². The van der Waals surface area contributed by atoms with E-state index in [1.807, 2.05) is 13.8 Å². The first-order chi connectivity index (χ1) is 12.6. The van der Waals surface area contributed by atoms with Crippen LogP contribution in [0.2, 0.25) is 0 Å². The van der Waals surface area contributed by atoms with E-state index in [1.165, 1.54) is 16.8 Å². The smallest absolute Gasteiger partial charge is 0.191 e. The highest BCUT2D eigenvalue weighted by Crippen LogP contribution is 2.21. The zero-order valence-electron chi connectivity index (χ0n) is 15.5. The van der Waals surface area contributed by atoms with Gasteiger partial charge in [0.25, 0.3) is 0 Å². The standard InChI is InChI=1S/C18H24FN7.HI/c1-3-22-18(23-4-2)24-11-5-6-16-15(12-20)17(21)26(25-16)14-9-7-13(19)8-10-14;/h7-10H,3-6,11,21H2,1-2H3,(H2,22,23,24);1H. The number of hydrogen-bond donors (Lipinski definition) is 3. The number of benzene rings is 1. The molecule has 0 radical (unpaired) electrons. The number of nitrogens with two attached hydrogens (primary N) is 1. The maximum Gasteiger partial charge on any atom is 0.191 e. The maximum absolute atomic E-state index is 13.1. The summed E-state index contributed by atoms with van der Waals surface area (Å²) in [4.78, 5) is 4.47. The predicted octanol–water partition coefficient (Wildman–Crippen LogP) is 2.59. The van der Waals surface area contributed by atoms with Gasteiger partial charge in [-0.25, -0.2) is 9.07 Å². The van der Waals surface area contributed by atoms with Crippen LogP contribution in [0.5, 0.6) is 0 Å². The number of rotatable bonds is 7. The van der Waals surface area contributed by atoms with E-state index in [1.54, 1.807) is 12.1 Å².